The van der Waals surface area contributed by atoms with Gasteiger partial charge in [0.05, 0.1) is 17.7 Å². The summed E-state index contributed by atoms with van der Waals surface area (Å²) in [6, 6.07) is 6.82. The molecule has 3 aromatic rings. The van der Waals surface area contributed by atoms with Gasteiger partial charge in [0.15, 0.2) is 5.82 Å². The molecule has 0 bridgehead atoms. The van der Waals surface area contributed by atoms with Gasteiger partial charge in [-0.05, 0) is 24.3 Å². The molecular weight excluding hydrogens is 312 g/mol. The van der Waals surface area contributed by atoms with E-state index >= 15 is 0 Å². The minimum Gasteiger partial charge on any atom is -0.507 e. The highest BCUT2D eigenvalue weighted by molar-refractivity contribution is 6.34. The van der Waals surface area contributed by atoms with Crippen LogP contribution in [0.2, 0.25) is 5.02 Å². The summed E-state index contributed by atoms with van der Waals surface area (Å²) in [6.07, 6.45) is 1.26. The number of methoxy groups -OCH3 is 1. The van der Waals surface area contributed by atoms with Crippen LogP contribution in [-0.2, 0) is 0 Å². The molecule has 0 aliphatic rings. The lowest BCUT2D eigenvalue weighted by atomic mass is 10.0. The van der Waals surface area contributed by atoms with Crippen LogP contribution < -0.4 is 4.74 Å². The first-order valence-corrected chi connectivity index (χ1v) is 6.71. The molecule has 112 valence electrons. The molecule has 0 radical (unpaired) electrons. The number of aromatic nitrogens is 1. The van der Waals surface area contributed by atoms with Crippen molar-refractivity contribution in [1.29, 1.82) is 0 Å². The van der Waals surface area contributed by atoms with E-state index in [1.807, 2.05) is 0 Å². The number of halogens is 3. The van der Waals surface area contributed by atoms with Crippen molar-refractivity contribution in [3.63, 3.8) is 0 Å². The summed E-state index contributed by atoms with van der Waals surface area (Å²) in [5.41, 5.74) is -0.327. The van der Waals surface area contributed by atoms with Gasteiger partial charge in [-0.1, -0.05) is 17.7 Å². The first kappa shape index (κ1) is 14.5. The molecular formula is C16H10ClF2NO2. The Bertz CT molecular complexity index is 884. The molecule has 1 aromatic heterocycles. The van der Waals surface area contributed by atoms with Gasteiger partial charge in [0, 0.05) is 17.1 Å². The predicted octanol–water partition coefficient (Wildman–Crippen LogP) is 4.55. The molecule has 1 heterocycles. The molecule has 0 fully saturated rings. The van der Waals surface area contributed by atoms with Crippen LogP contribution in [0.25, 0.3) is 22.0 Å². The third-order valence-electron chi connectivity index (χ3n) is 3.35. The summed E-state index contributed by atoms with van der Waals surface area (Å²) in [5, 5.41) is 9.88. The number of ether oxygens (including phenoxy) is 1. The quantitative estimate of drug-likeness (QED) is 0.753. The number of fused-ring (bicyclic) bond motifs is 1. The van der Waals surface area contributed by atoms with Crippen LogP contribution in [-0.4, -0.2) is 17.2 Å². The molecule has 0 aliphatic carbocycles. The normalized spacial score (nSPS) is 10.9. The number of nitrogens with zero attached hydrogens (tertiary/aromatic N) is 1. The van der Waals surface area contributed by atoms with E-state index < -0.39 is 11.6 Å². The van der Waals surface area contributed by atoms with Gasteiger partial charge in [0.25, 0.3) is 0 Å². The van der Waals surface area contributed by atoms with Gasteiger partial charge in [-0.3, -0.25) is 4.98 Å². The zero-order chi connectivity index (χ0) is 15.9. The van der Waals surface area contributed by atoms with Gasteiger partial charge in [-0.15, -0.1) is 0 Å². The summed E-state index contributed by atoms with van der Waals surface area (Å²) in [7, 11) is 1.36. The van der Waals surface area contributed by atoms with E-state index in [2.05, 4.69) is 4.98 Å². The maximum atomic E-state index is 14.8. The standard InChI is InChI=1S/C16H10ClF2NO2/c1-22-12-4-2-3-10(18)14(12)13-9(17)7-8-11(21)5-6-20-16(8)15(13)19/h2-7H,1H3,(H,20,21). The molecule has 3 nitrogen and oxygen atoms in total. The molecule has 2 aromatic carbocycles. The smallest absolute Gasteiger partial charge is 0.159 e. The number of hydrogen-bond acceptors (Lipinski definition) is 3. The number of hydrogen-bond donors (Lipinski definition) is 1. The van der Waals surface area contributed by atoms with Crippen molar-refractivity contribution in [2.75, 3.05) is 7.11 Å². The third-order valence-corrected chi connectivity index (χ3v) is 3.65. The number of rotatable bonds is 2. The van der Waals surface area contributed by atoms with Gasteiger partial charge in [0.2, 0.25) is 0 Å². The van der Waals surface area contributed by atoms with Gasteiger partial charge in [-0.2, -0.15) is 0 Å². The largest absolute Gasteiger partial charge is 0.507 e. The predicted molar refractivity (Wildman–Crippen MR) is 80.3 cm³/mol. The second-order valence-electron chi connectivity index (χ2n) is 4.59. The molecule has 0 atom stereocenters. The maximum absolute atomic E-state index is 14.8. The fourth-order valence-electron chi connectivity index (χ4n) is 2.35. The van der Waals surface area contributed by atoms with E-state index in [0.717, 1.165) is 0 Å². The van der Waals surface area contributed by atoms with Gasteiger partial charge in [0.1, 0.15) is 22.8 Å². The van der Waals surface area contributed by atoms with E-state index in [0.29, 0.717) is 0 Å². The first-order valence-electron chi connectivity index (χ1n) is 6.33. The molecule has 0 saturated carbocycles. The van der Waals surface area contributed by atoms with Crippen LogP contribution in [0.1, 0.15) is 0 Å². The fourth-order valence-corrected chi connectivity index (χ4v) is 2.64. The lowest BCUT2D eigenvalue weighted by Crippen LogP contribution is -1.97. The van der Waals surface area contributed by atoms with Crippen LogP contribution in [0.15, 0.2) is 36.5 Å². The summed E-state index contributed by atoms with van der Waals surface area (Å²) < 4.78 is 34.1. The van der Waals surface area contributed by atoms with Crippen molar-refractivity contribution in [3.05, 3.63) is 53.2 Å². The van der Waals surface area contributed by atoms with Crippen LogP contribution in [0.4, 0.5) is 8.78 Å². The van der Waals surface area contributed by atoms with Crippen molar-refractivity contribution < 1.29 is 18.6 Å². The summed E-state index contributed by atoms with van der Waals surface area (Å²) in [6.45, 7) is 0. The Labute approximate surface area is 129 Å². The van der Waals surface area contributed by atoms with Crippen LogP contribution in [0, 0.1) is 11.6 Å². The molecule has 0 amide bonds. The molecule has 6 heteroatoms. The zero-order valence-corrected chi connectivity index (χ0v) is 12.2. The van der Waals surface area contributed by atoms with Crippen molar-refractivity contribution in [3.8, 4) is 22.6 Å². The Morgan fingerprint density at radius 1 is 1.18 bits per heavy atom. The fraction of sp³-hybridized carbons (Fsp3) is 0.0625. The first-order chi connectivity index (χ1) is 10.5. The summed E-state index contributed by atoms with van der Waals surface area (Å²) >= 11 is 6.11. The molecule has 0 unspecified atom stereocenters. The Hall–Kier alpha value is -2.40. The Morgan fingerprint density at radius 3 is 2.68 bits per heavy atom. The van der Waals surface area contributed by atoms with E-state index in [4.69, 9.17) is 16.3 Å². The monoisotopic (exact) mass is 321 g/mol. The van der Waals surface area contributed by atoms with E-state index in [-0.39, 0.29) is 38.6 Å². The molecule has 0 spiro atoms. The van der Waals surface area contributed by atoms with Crippen LogP contribution in [0.3, 0.4) is 0 Å². The highest BCUT2D eigenvalue weighted by Crippen LogP contribution is 2.42. The average molecular weight is 322 g/mol. The SMILES string of the molecule is COc1cccc(F)c1-c1c(Cl)cc2c(O)ccnc2c1F. The molecule has 22 heavy (non-hydrogen) atoms. The zero-order valence-electron chi connectivity index (χ0n) is 11.4. The molecule has 1 N–H and O–H groups in total. The molecule has 3 rings (SSSR count). The number of benzene rings is 2. The topological polar surface area (TPSA) is 42.4 Å². The van der Waals surface area contributed by atoms with Crippen molar-refractivity contribution >= 4 is 22.5 Å². The van der Waals surface area contributed by atoms with Gasteiger partial charge >= 0.3 is 0 Å². The Kier molecular flexibility index (Phi) is 3.58. The second kappa shape index (κ2) is 5.42. The lowest BCUT2D eigenvalue weighted by Gasteiger charge is -2.13. The minimum absolute atomic E-state index is 0.0447. The lowest BCUT2D eigenvalue weighted by molar-refractivity contribution is 0.413. The Balaban J connectivity index is 2.43. The Morgan fingerprint density at radius 2 is 1.95 bits per heavy atom. The van der Waals surface area contributed by atoms with Crippen LogP contribution in [0.5, 0.6) is 11.5 Å². The number of aromatic hydroxyl groups is 1. The highest BCUT2D eigenvalue weighted by atomic mass is 35.5. The van der Waals surface area contributed by atoms with Crippen LogP contribution >= 0.6 is 11.6 Å². The minimum atomic E-state index is -0.818. The third kappa shape index (κ3) is 2.14. The van der Waals surface area contributed by atoms with E-state index in [1.54, 1.807) is 0 Å². The van der Waals surface area contributed by atoms with Gasteiger partial charge in [-0.25, -0.2) is 8.78 Å². The molecule has 0 saturated heterocycles. The van der Waals surface area contributed by atoms with E-state index in [1.165, 1.54) is 43.6 Å². The number of pyridine rings is 1. The maximum Gasteiger partial charge on any atom is 0.159 e. The van der Waals surface area contributed by atoms with Crippen molar-refractivity contribution in [2.24, 2.45) is 0 Å². The summed E-state index contributed by atoms with van der Waals surface area (Å²) in [5.74, 6) is -1.49. The van der Waals surface area contributed by atoms with Crippen molar-refractivity contribution in [1.82, 2.24) is 4.98 Å². The molecule has 0 aliphatic heterocycles. The van der Waals surface area contributed by atoms with Gasteiger partial charge < -0.3 is 9.84 Å². The highest BCUT2D eigenvalue weighted by Gasteiger charge is 2.22. The van der Waals surface area contributed by atoms with Crippen molar-refractivity contribution in [2.45, 2.75) is 0 Å². The average Bonchev–Trinajstić information content (AvgIpc) is 2.50. The second-order valence-corrected chi connectivity index (χ2v) is 5.00. The van der Waals surface area contributed by atoms with E-state index in [9.17, 15) is 13.9 Å². The summed E-state index contributed by atoms with van der Waals surface area (Å²) in [4.78, 5) is 3.90.